The molecule has 0 saturated carbocycles. The van der Waals surface area contributed by atoms with Crippen molar-refractivity contribution in [2.45, 2.75) is 12.8 Å². The number of anilines is 1. The highest BCUT2D eigenvalue weighted by Gasteiger charge is 2.26. The number of ketones is 1. The number of fused-ring (bicyclic) bond motifs is 1. The summed E-state index contributed by atoms with van der Waals surface area (Å²) < 4.78 is 0. The SMILES string of the molecule is O=C1c2ccccc2CC[C@@H]1CNc1ccccc1. The monoisotopic (exact) mass is 251 g/mol. The van der Waals surface area contributed by atoms with Crippen molar-refractivity contribution in [3.8, 4) is 0 Å². The summed E-state index contributed by atoms with van der Waals surface area (Å²) in [5.41, 5.74) is 3.19. The van der Waals surface area contributed by atoms with Crippen LogP contribution in [0.25, 0.3) is 0 Å². The van der Waals surface area contributed by atoms with Crippen molar-refractivity contribution in [2.24, 2.45) is 5.92 Å². The number of aryl methyl sites for hydroxylation is 1. The first kappa shape index (κ1) is 12.0. The van der Waals surface area contributed by atoms with E-state index in [9.17, 15) is 4.79 Å². The van der Waals surface area contributed by atoms with Crippen LogP contribution in [-0.2, 0) is 6.42 Å². The van der Waals surface area contributed by atoms with Crippen LogP contribution >= 0.6 is 0 Å². The van der Waals surface area contributed by atoms with Gasteiger partial charge in [0, 0.05) is 23.7 Å². The van der Waals surface area contributed by atoms with E-state index in [4.69, 9.17) is 0 Å². The van der Waals surface area contributed by atoms with Crippen LogP contribution in [0.15, 0.2) is 54.6 Å². The van der Waals surface area contributed by atoms with E-state index >= 15 is 0 Å². The first-order valence-electron chi connectivity index (χ1n) is 6.75. The molecule has 1 aliphatic rings. The van der Waals surface area contributed by atoms with Crippen LogP contribution in [0.5, 0.6) is 0 Å². The zero-order valence-electron chi connectivity index (χ0n) is 10.8. The molecule has 0 fully saturated rings. The van der Waals surface area contributed by atoms with Gasteiger partial charge < -0.3 is 5.32 Å². The molecule has 2 heteroatoms. The molecule has 19 heavy (non-hydrogen) atoms. The second kappa shape index (κ2) is 5.27. The summed E-state index contributed by atoms with van der Waals surface area (Å²) in [7, 11) is 0. The Kier molecular flexibility index (Phi) is 3.32. The van der Waals surface area contributed by atoms with Crippen molar-refractivity contribution in [3.05, 3.63) is 65.7 Å². The smallest absolute Gasteiger partial charge is 0.167 e. The van der Waals surface area contributed by atoms with E-state index in [2.05, 4.69) is 11.4 Å². The first-order chi connectivity index (χ1) is 9.34. The second-order valence-corrected chi connectivity index (χ2v) is 5.00. The maximum Gasteiger partial charge on any atom is 0.167 e. The van der Waals surface area contributed by atoms with Crippen LogP contribution in [0, 0.1) is 5.92 Å². The number of hydrogen-bond acceptors (Lipinski definition) is 2. The molecule has 1 N–H and O–H groups in total. The number of rotatable bonds is 3. The van der Waals surface area contributed by atoms with Crippen molar-refractivity contribution in [1.82, 2.24) is 0 Å². The van der Waals surface area contributed by atoms with Crippen molar-refractivity contribution < 1.29 is 4.79 Å². The van der Waals surface area contributed by atoms with Gasteiger partial charge >= 0.3 is 0 Å². The lowest BCUT2D eigenvalue weighted by atomic mass is 9.83. The number of carbonyl (C=O) groups excluding carboxylic acids is 1. The largest absolute Gasteiger partial charge is 0.384 e. The molecule has 0 bridgehead atoms. The second-order valence-electron chi connectivity index (χ2n) is 5.00. The highest BCUT2D eigenvalue weighted by atomic mass is 16.1. The lowest BCUT2D eigenvalue weighted by molar-refractivity contribution is 0.0910. The van der Waals surface area contributed by atoms with E-state index in [1.807, 2.05) is 48.5 Å². The van der Waals surface area contributed by atoms with Gasteiger partial charge in [-0.3, -0.25) is 4.79 Å². The molecule has 0 unspecified atom stereocenters. The fraction of sp³-hybridized carbons (Fsp3) is 0.235. The predicted molar refractivity (Wildman–Crippen MR) is 77.5 cm³/mol. The third-order valence-corrected chi connectivity index (χ3v) is 3.74. The van der Waals surface area contributed by atoms with E-state index in [1.54, 1.807) is 0 Å². The summed E-state index contributed by atoms with van der Waals surface area (Å²) in [4.78, 5) is 12.4. The van der Waals surface area contributed by atoms with E-state index in [1.165, 1.54) is 5.56 Å². The number of carbonyl (C=O) groups is 1. The maximum atomic E-state index is 12.4. The molecule has 1 aliphatic carbocycles. The molecule has 2 aromatic carbocycles. The first-order valence-corrected chi connectivity index (χ1v) is 6.75. The Labute approximate surface area is 113 Å². The summed E-state index contributed by atoms with van der Waals surface area (Å²) in [5.74, 6) is 0.375. The quantitative estimate of drug-likeness (QED) is 0.904. The van der Waals surface area contributed by atoms with Gasteiger partial charge in [-0.05, 0) is 30.5 Å². The molecule has 0 saturated heterocycles. The minimum atomic E-state index is 0.0927. The molecule has 0 spiro atoms. The Balaban J connectivity index is 1.69. The molecule has 0 heterocycles. The van der Waals surface area contributed by atoms with Gasteiger partial charge in [0.2, 0.25) is 0 Å². The Hall–Kier alpha value is -2.09. The third kappa shape index (κ3) is 2.53. The predicted octanol–water partition coefficient (Wildman–Crippen LogP) is 3.54. The van der Waals surface area contributed by atoms with Gasteiger partial charge in [-0.15, -0.1) is 0 Å². The Morgan fingerprint density at radius 1 is 1.00 bits per heavy atom. The molecule has 96 valence electrons. The number of benzene rings is 2. The van der Waals surface area contributed by atoms with E-state index < -0.39 is 0 Å². The molecule has 2 nitrogen and oxygen atoms in total. The molecule has 0 aliphatic heterocycles. The fourth-order valence-corrected chi connectivity index (χ4v) is 2.65. The van der Waals surface area contributed by atoms with Gasteiger partial charge in [-0.25, -0.2) is 0 Å². The standard InChI is InChI=1S/C17H17NO/c19-17-14(12-18-15-7-2-1-3-8-15)11-10-13-6-4-5-9-16(13)17/h1-9,14,18H,10-12H2/t14-/m1/s1. The van der Waals surface area contributed by atoms with Crippen LogP contribution in [0.4, 0.5) is 5.69 Å². The van der Waals surface area contributed by atoms with Crippen LogP contribution in [-0.4, -0.2) is 12.3 Å². The summed E-state index contributed by atoms with van der Waals surface area (Å²) >= 11 is 0. The molecule has 3 rings (SSSR count). The highest BCUT2D eigenvalue weighted by molar-refractivity contribution is 6.00. The normalized spacial score (nSPS) is 17.9. The van der Waals surface area contributed by atoms with Gasteiger partial charge in [-0.1, -0.05) is 42.5 Å². The van der Waals surface area contributed by atoms with Crippen LogP contribution in [0.2, 0.25) is 0 Å². The minimum Gasteiger partial charge on any atom is -0.384 e. The van der Waals surface area contributed by atoms with Crippen LogP contribution < -0.4 is 5.32 Å². The molecule has 1 atom stereocenters. The molecular weight excluding hydrogens is 234 g/mol. The molecule has 0 aromatic heterocycles. The minimum absolute atomic E-state index is 0.0927. The highest BCUT2D eigenvalue weighted by Crippen LogP contribution is 2.25. The van der Waals surface area contributed by atoms with Crippen LogP contribution in [0.1, 0.15) is 22.3 Å². The summed E-state index contributed by atoms with van der Waals surface area (Å²) in [6.07, 6.45) is 1.94. The van der Waals surface area contributed by atoms with E-state index in [0.29, 0.717) is 0 Å². The average molecular weight is 251 g/mol. The number of para-hydroxylation sites is 1. The van der Waals surface area contributed by atoms with Crippen LogP contribution in [0.3, 0.4) is 0 Å². The Morgan fingerprint density at radius 3 is 2.58 bits per heavy atom. The van der Waals surface area contributed by atoms with Gasteiger partial charge in [0.25, 0.3) is 0 Å². The fourth-order valence-electron chi connectivity index (χ4n) is 2.65. The van der Waals surface area contributed by atoms with Crippen molar-refractivity contribution in [3.63, 3.8) is 0 Å². The van der Waals surface area contributed by atoms with Crippen molar-refractivity contribution in [2.75, 3.05) is 11.9 Å². The summed E-state index contributed by atoms with van der Waals surface area (Å²) in [5, 5.41) is 3.35. The zero-order valence-corrected chi connectivity index (χ0v) is 10.8. The van der Waals surface area contributed by atoms with Gasteiger partial charge in [0.15, 0.2) is 5.78 Å². The molecule has 2 aromatic rings. The van der Waals surface area contributed by atoms with E-state index in [-0.39, 0.29) is 11.7 Å². The molecular formula is C17H17NO. The van der Waals surface area contributed by atoms with Crippen molar-refractivity contribution >= 4 is 11.5 Å². The molecule has 0 amide bonds. The maximum absolute atomic E-state index is 12.4. The topological polar surface area (TPSA) is 29.1 Å². The van der Waals surface area contributed by atoms with E-state index in [0.717, 1.165) is 30.6 Å². The van der Waals surface area contributed by atoms with Gasteiger partial charge in [-0.2, -0.15) is 0 Å². The Bertz CT molecular complexity index is 577. The lowest BCUT2D eigenvalue weighted by Gasteiger charge is -2.23. The summed E-state index contributed by atoms with van der Waals surface area (Å²) in [6, 6.07) is 18.0. The third-order valence-electron chi connectivity index (χ3n) is 3.74. The Morgan fingerprint density at radius 2 is 1.74 bits per heavy atom. The van der Waals surface area contributed by atoms with Gasteiger partial charge in [0.1, 0.15) is 0 Å². The lowest BCUT2D eigenvalue weighted by Crippen LogP contribution is -2.28. The number of hydrogen-bond donors (Lipinski definition) is 1. The zero-order chi connectivity index (χ0) is 13.1. The van der Waals surface area contributed by atoms with Crippen molar-refractivity contribution in [1.29, 1.82) is 0 Å². The van der Waals surface area contributed by atoms with Gasteiger partial charge in [0.05, 0.1) is 0 Å². The number of nitrogens with one attached hydrogen (secondary N) is 1. The molecule has 0 radical (unpaired) electrons. The average Bonchev–Trinajstić information content (AvgIpc) is 2.48. The number of Topliss-reactive ketones (excluding diaryl/α,β-unsaturated/α-hetero) is 1. The summed E-state index contributed by atoms with van der Waals surface area (Å²) in [6.45, 7) is 0.719.